The monoisotopic (exact) mass is 261 g/mol. The Hall–Kier alpha value is -0.835. The third-order valence-corrected chi connectivity index (χ3v) is 4.13. The third-order valence-electron chi connectivity index (χ3n) is 4.13. The van der Waals surface area contributed by atoms with Gasteiger partial charge in [0.25, 0.3) is 0 Å². The quantitative estimate of drug-likeness (QED) is 0.638. The predicted octanol–water partition coefficient (Wildman–Crippen LogP) is 1.52. The summed E-state index contributed by atoms with van der Waals surface area (Å²) in [4.78, 5) is 2.41. The number of benzene rings is 1. The second kappa shape index (κ2) is 7.08. The number of nitrogens with zero attached hydrogens (tertiary/aromatic N) is 1. The summed E-state index contributed by atoms with van der Waals surface area (Å²) < 4.78 is 0. The van der Waals surface area contributed by atoms with E-state index in [1.807, 2.05) is 12.1 Å². The maximum Gasteiger partial charge on any atom is 0.488 e. The fraction of sp³-hybridized carbons (Fsp3) is 0.600. The smallest absolute Gasteiger partial charge is 0.423 e. The largest absolute Gasteiger partial charge is 0.488 e. The summed E-state index contributed by atoms with van der Waals surface area (Å²) >= 11 is 0. The summed E-state index contributed by atoms with van der Waals surface area (Å²) in [5.74, 6) is 0. The zero-order valence-corrected chi connectivity index (χ0v) is 11.8. The van der Waals surface area contributed by atoms with Crippen LogP contribution >= 0.6 is 0 Å². The van der Waals surface area contributed by atoms with Gasteiger partial charge < -0.3 is 10.0 Å². The first kappa shape index (κ1) is 14.6. The van der Waals surface area contributed by atoms with Crippen molar-refractivity contribution in [1.29, 1.82) is 0 Å². The van der Waals surface area contributed by atoms with Crippen LogP contribution in [0.25, 0.3) is 0 Å². The summed E-state index contributed by atoms with van der Waals surface area (Å²) in [5, 5.41) is 18.4. The minimum absolute atomic E-state index is 0.576. The summed E-state index contributed by atoms with van der Waals surface area (Å²) in [6.45, 7) is 0.880. The van der Waals surface area contributed by atoms with Gasteiger partial charge in [-0.1, -0.05) is 49.9 Å². The zero-order chi connectivity index (χ0) is 13.7. The molecule has 0 spiro atoms. The van der Waals surface area contributed by atoms with Gasteiger partial charge in [0.15, 0.2) is 0 Å². The van der Waals surface area contributed by atoms with E-state index in [4.69, 9.17) is 0 Å². The zero-order valence-electron chi connectivity index (χ0n) is 11.8. The van der Waals surface area contributed by atoms with Gasteiger partial charge in [-0.25, -0.2) is 0 Å². The van der Waals surface area contributed by atoms with E-state index < -0.39 is 7.12 Å². The molecule has 0 atom stereocenters. The minimum atomic E-state index is -1.37. The molecule has 4 heteroatoms. The molecule has 1 aliphatic carbocycles. The van der Waals surface area contributed by atoms with E-state index in [9.17, 15) is 10.0 Å². The van der Waals surface area contributed by atoms with Crippen molar-refractivity contribution in [2.75, 3.05) is 7.05 Å². The molecule has 1 aromatic carbocycles. The average Bonchev–Trinajstić information content (AvgIpc) is 2.68. The summed E-state index contributed by atoms with van der Waals surface area (Å²) in [6.07, 6.45) is 8.00. The van der Waals surface area contributed by atoms with Gasteiger partial charge >= 0.3 is 7.12 Å². The molecule has 0 bridgehead atoms. The summed E-state index contributed by atoms with van der Waals surface area (Å²) in [7, 11) is 0.807. The van der Waals surface area contributed by atoms with Crippen LogP contribution in [0, 0.1) is 0 Å². The average molecular weight is 261 g/mol. The first-order valence-electron chi connectivity index (χ1n) is 7.32. The van der Waals surface area contributed by atoms with Crippen molar-refractivity contribution in [1.82, 2.24) is 4.90 Å². The van der Waals surface area contributed by atoms with Crippen LogP contribution in [0.4, 0.5) is 0 Å². The first-order valence-corrected chi connectivity index (χ1v) is 7.32. The molecule has 1 aromatic rings. The van der Waals surface area contributed by atoms with Crippen LogP contribution in [0.1, 0.15) is 44.1 Å². The normalized spacial score (nSPS) is 17.5. The van der Waals surface area contributed by atoms with Gasteiger partial charge in [-0.05, 0) is 30.9 Å². The molecule has 0 radical (unpaired) electrons. The second-order valence-electron chi connectivity index (χ2n) is 5.68. The van der Waals surface area contributed by atoms with Gasteiger partial charge in [-0.3, -0.25) is 4.90 Å². The fourth-order valence-electron chi connectivity index (χ4n) is 2.97. The molecule has 0 unspecified atom stereocenters. The Bertz CT molecular complexity index is 389. The van der Waals surface area contributed by atoms with Gasteiger partial charge in [0.1, 0.15) is 0 Å². The van der Waals surface area contributed by atoms with Crippen LogP contribution in [0.3, 0.4) is 0 Å². The lowest BCUT2D eigenvalue weighted by Crippen LogP contribution is -2.33. The third kappa shape index (κ3) is 4.34. The summed E-state index contributed by atoms with van der Waals surface area (Å²) in [6, 6.07) is 8.26. The molecule has 0 aliphatic heterocycles. The molecule has 1 aliphatic rings. The lowest BCUT2D eigenvalue weighted by Gasteiger charge is -2.27. The Labute approximate surface area is 116 Å². The molecule has 1 fully saturated rings. The molecule has 0 heterocycles. The van der Waals surface area contributed by atoms with Gasteiger partial charge in [0.2, 0.25) is 0 Å². The highest BCUT2D eigenvalue weighted by Crippen LogP contribution is 2.22. The van der Waals surface area contributed by atoms with E-state index in [0.717, 1.165) is 12.1 Å². The highest BCUT2D eigenvalue weighted by atomic mass is 16.4. The molecule has 2 rings (SSSR count). The maximum absolute atomic E-state index is 9.21. The molecule has 19 heavy (non-hydrogen) atoms. The maximum atomic E-state index is 9.21. The van der Waals surface area contributed by atoms with Crippen LogP contribution in [-0.2, 0) is 6.54 Å². The Balaban J connectivity index is 1.97. The van der Waals surface area contributed by atoms with Crippen molar-refractivity contribution in [2.45, 2.75) is 51.1 Å². The van der Waals surface area contributed by atoms with E-state index in [-0.39, 0.29) is 0 Å². The molecule has 0 amide bonds. The molecule has 104 valence electrons. The van der Waals surface area contributed by atoms with Crippen molar-refractivity contribution in [2.24, 2.45) is 0 Å². The van der Waals surface area contributed by atoms with E-state index in [0.29, 0.717) is 11.5 Å². The summed E-state index contributed by atoms with van der Waals surface area (Å²) in [5.41, 5.74) is 1.73. The highest BCUT2D eigenvalue weighted by molar-refractivity contribution is 6.58. The molecular formula is C15H24BNO2. The minimum Gasteiger partial charge on any atom is -0.423 e. The van der Waals surface area contributed by atoms with Crippen LogP contribution < -0.4 is 5.46 Å². The van der Waals surface area contributed by atoms with E-state index in [2.05, 4.69) is 18.0 Å². The van der Waals surface area contributed by atoms with Crippen molar-refractivity contribution >= 4 is 12.6 Å². The highest BCUT2D eigenvalue weighted by Gasteiger charge is 2.17. The lowest BCUT2D eigenvalue weighted by molar-refractivity contribution is 0.213. The first-order chi connectivity index (χ1) is 9.16. The van der Waals surface area contributed by atoms with Gasteiger partial charge in [-0.2, -0.15) is 0 Å². The van der Waals surface area contributed by atoms with Crippen LogP contribution in [0.5, 0.6) is 0 Å². The van der Waals surface area contributed by atoms with E-state index >= 15 is 0 Å². The molecule has 2 N–H and O–H groups in total. The number of hydrogen-bond donors (Lipinski definition) is 2. The SMILES string of the molecule is CN(Cc1cccc(B(O)O)c1)C1CCCCCC1. The molecule has 0 aromatic heterocycles. The van der Waals surface area contributed by atoms with Crippen LogP contribution in [0.2, 0.25) is 0 Å². The van der Waals surface area contributed by atoms with Gasteiger partial charge in [0, 0.05) is 12.6 Å². The second-order valence-corrected chi connectivity index (χ2v) is 5.68. The Kier molecular flexibility index (Phi) is 5.43. The van der Waals surface area contributed by atoms with Gasteiger partial charge in [-0.15, -0.1) is 0 Å². The fourth-order valence-corrected chi connectivity index (χ4v) is 2.97. The van der Waals surface area contributed by atoms with Crippen molar-refractivity contribution in [3.63, 3.8) is 0 Å². The van der Waals surface area contributed by atoms with E-state index in [1.165, 1.54) is 38.5 Å². The Morgan fingerprint density at radius 2 is 1.84 bits per heavy atom. The molecule has 0 saturated heterocycles. The van der Waals surface area contributed by atoms with Crippen molar-refractivity contribution in [3.8, 4) is 0 Å². The van der Waals surface area contributed by atoms with E-state index in [1.54, 1.807) is 6.07 Å². The lowest BCUT2D eigenvalue weighted by atomic mass is 9.79. The Morgan fingerprint density at radius 1 is 1.16 bits per heavy atom. The van der Waals surface area contributed by atoms with Crippen LogP contribution in [0.15, 0.2) is 24.3 Å². The molecular weight excluding hydrogens is 237 g/mol. The topological polar surface area (TPSA) is 43.7 Å². The Morgan fingerprint density at radius 3 is 2.47 bits per heavy atom. The van der Waals surface area contributed by atoms with Crippen LogP contribution in [-0.4, -0.2) is 35.2 Å². The molecule has 3 nitrogen and oxygen atoms in total. The van der Waals surface area contributed by atoms with Crippen molar-refractivity contribution in [3.05, 3.63) is 29.8 Å². The number of rotatable bonds is 4. The standard InChI is InChI=1S/C15H24BNO2/c1-17(15-9-4-2-3-5-10-15)12-13-7-6-8-14(11-13)16(18)19/h6-8,11,15,18-19H,2-5,9-10,12H2,1H3. The van der Waals surface area contributed by atoms with Gasteiger partial charge in [0.05, 0.1) is 0 Å². The molecule has 1 saturated carbocycles. The van der Waals surface area contributed by atoms with Crippen molar-refractivity contribution < 1.29 is 10.0 Å². The number of hydrogen-bond acceptors (Lipinski definition) is 3. The predicted molar refractivity (Wildman–Crippen MR) is 79.2 cm³/mol.